The van der Waals surface area contributed by atoms with Gasteiger partial charge in [0, 0.05) is 5.69 Å². The van der Waals surface area contributed by atoms with Crippen LogP contribution in [0.25, 0.3) is 0 Å². The van der Waals surface area contributed by atoms with Crippen molar-refractivity contribution in [1.82, 2.24) is 0 Å². The third-order valence-electron chi connectivity index (χ3n) is 3.45. The van der Waals surface area contributed by atoms with E-state index in [1.54, 1.807) is 0 Å². The number of carbonyl (C=O) groups excluding carboxylic acids is 2. The van der Waals surface area contributed by atoms with Gasteiger partial charge in [-0.25, -0.2) is 0 Å². The van der Waals surface area contributed by atoms with Crippen molar-refractivity contribution in [2.24, 2.45) is 5.92 Å². The molecule has 0 atom stereocenters. The number of amides is 1. The van der Waals surface area contributed by atoms with Crippen molar-refractivity contribution in [3.05, 3.63) is 29.3 Å². The number of rotatable bonds is 5. The number of benzene rings is 1. The normalized spacial score (nSPS) is 14.2. The quantitative estimate of drug-likeness (QED) is 0.840. The molecule has 20 heavy (non-hydrogen) atoms. The molecule has 0 saturated heterocycles. The van der Waals surface area contributed by atoms with Gasteiger partial charge in [-0.15, -0.1) is 0 Å². The Morgan fingerprint density at radius 2 is 2.05 bits per heavy atom. The van der Waals surface area contributed by atoms with Gasteiger partial charge in [-0.2, -0.15) is 0 Å². The summed E-state index contributed by atoms with van der Waals surface area (Å²) in [7, 11) is 0. The van der Waals surface area contributed by atoms with E-state index in [2.05, 4.69) is 19.2 Å². The largest absolute Gasteiger partial charge is 0.455 e. The molecule has 0 aliphatic heterocycles. The Kier molecular flexibility index (Phi) is 4.42. The summed E-state index contributed by atoms with van der Waals surface area (Å²) >= 11 is 0. The minimum absolute atomic E-state index is 0.0208. The van der Waals surface area contributed by atoms with Gasteiger partial charge in [0.15, 0.2) is 6.61 Å². The summed E-state index contributed by atoms with van der Waals surface area (Å²) in [5.41, 5.74) is 2.93. The maximum Gasteiger partial charge on any atom is 0.309 e. The lowest BCUT2D eigenvalue weighted by atomic mass is 9.98. The molecule has 108 valence electrons. The van der Waals surface area contributed by atoms with E-state index in [0.29, 0.717) is 5.92 Å². The van der Waals surface area contributed by atoms with Crippen LogP contribution in [0.3, 0.4) is 0 Å². The molecule has 0 aromatic heterocycles. The van der Waals surface area contributed by atoms with Crippen LogP contribution in [0, 0.1) is 12.8 Å². The highest BCUT2D eigenvalue weighted by atomic mass is 16.5. The van der Waals surface area contributed by atoms with Gasteiger partial charge in [0.2, 0.25) is 0 Å². The van der Waals surface area contributed by atoms with Gasteiger partial charge in [0.1, 0.15) is 0 Å². The molecule has 1 saturated carbocycles. The fourth-order valence-corrected chi connectivity index (χ4v) is 2.09. The lowest BCUT2D eigenvalue weighted by molar-refractivity contribution is -0.148. The van der Waals surface area contributed by atoms with Crippen LogP contribution in [0.1, 0.15) is 43.7 Å². The molecule has 1 aromatic carbocycles. The predicted octanol–water partition coefficient (Wildman–Crippen LogP) is 3.01. The van der Waals surface area contributed by atoms with Crippen molar-refractivity contribution in [2.75, 3.05) is 11.9 Å². The van der Waals surface area contributed by atoms with Crippen molar-refractivity contribution in [3.8, 4) is 0 Å². The zero-order valence-electron chi connectivity index (χ0n) is 12.2. The summed E-state index contributed by atoms with van der Waals surface area (Å²) in [5.74, 6) is -0.198. The minimum atomic E-state index is -0.282. The predicted molar refractivity (Wildman–Crippen MR) is 77.6 cm³/mol. The molecule has 1 aliphatic carbocycles. The molecule has 1 fully saturated rings. The van der Waals surface area contributed by atoms with Crippen molar-refractivity contribution >= 4 is 17.6 Å². The van der Waals surface area contributed by atoms with Crippen molar-refractivity contribution in [1.29, 1.82) is 0 Å². The van der Waals surface area contributed by atoms with Crippen LogP contribution in [0.4, 0.5) is 5.69 Å². The summed E-state index contributed by atoms with van der Waals surface area (Å²) in [5, 5.41) is 2.86. The first-order valence-corrected chi connectivity index (χ1v) is 7.05. The Morgan fingerprint density at radius 1 is 1.35 bits per heavy atom. The van der Waals surface area contributed by atoms with Crippen LogP contribution in [-0.2, 0) is 14.3 Å². The van der Waals surface area contributed by atoms with Crippen molar-refractivity contribution in [2.45, 2.75) is 39.5 Å². The fourth-order valence-electron chi connectivity index (χ4n) is 2.09. The highest BCUT2D eigenvalue weighted by Crippen LogP contribution is 2.30. The Labute approximate surface area is 119 Å². The molecule has 0 unspecified atom stereocenters. The second-order valence-corrected chi connectivity index (χ2v) is 5.62. The third-order valence-corrected chi connectivity index (χ3v) is 3.45. The van der Waals surface area contributed by atoms with E-state index >= 15 is 0 Å². The lowest BCUT2D eigenvalue weighted by Gasteiger charge is -2.16. The molecule has 2 rings (SSSR count). The Bertz CT molecular complexity index is 518. The van der Waals surface area contributed by atoms with Gasteiger partial charge in [-0.3, -0.25) is 9.59 Å². The van der Waals surface area contributed by atoms with E-state index in [1.807, 2.05) is 25.1 Å². The molecule has 0 bridgehead atoms. The van der Waals surface area contributed by atoms with Crippen LogP contribution in [0.2, 0.25) is 0 Å². The van der Waals surface area contributed by atoms with Gasteiger partial charge in [0.05, 0.1) is 5.92 Å². The van der Waals surface area contributed by atoms with Crippen molar-refractivity contribution in [3.63, 3.8) is 0 Å². The van der Waals surface area contributed by atoms with Crippen LogP contribution in [-0.4, -0.2) is 18.5 Å². The molecule has 0 radical (unpaired) electrons. The molecule has 1 aromatic rings. The Morgan fingerprint density at radius 3 is 2.65 bits per heavy atom. The summed E-state index contributed by atoms with van der Waals surface area (Å²) in [6.45, 7) is 5.91. The van der Waals surface area contributed by atoms with E-state index in [0.717, 1.165) is 29.7 Å². The first-order valence-electron chi connectivity index (χ1n) is 7.05. The minimum Gasteiger partial charge on any atom is -0.455 e. The number of nitrogens with one attached hydrogen (secondary N) is 1. The van der Waals surface area contributed by atoms with E-state index in [1.165, 1.54) is 0 Å². The van der Waals surface area contributed by atoms with E-state index in [9.17, 15) is 9.59 Å². The standard InChI is InChI=1S/C16H21NO3/c1-10(2)13-6-4-5-11(3)15(13)17-14(18)9-20-16(19)12-7-8-12/h4-6,10,12H,7-9H2,1-3H3,(H,17,18). The smallest absolute Gasteiger partial charge is 0.309 e. The molecule has 0 heterocycles. The Balaban J connectivity index is 1.98. The number of aryl methyl sites for hydroxylation is 1. The topological polar surface area (TPSA) is 55.4 Å². The number of ether oxygens (including phenoxy) is 1. The first-order chi connectivity index (χ1) is 9.49. The van der Waals surface area contributed by atoms with Gasteiger partial charge in [-0.1, -0.05) is 32.0 Å². The molecule has 4 nitrogen and oxygen atoms in total. The number of anilines is 1. The summed E-state index contributed by atoms with van der Waals surface area (Å²) in [4.78, 5) is 23.3. The average molecular weight is 275 g/mol. The van der Waals surface area contributed by atoms with E-state index in [-0.39, 0.29) is 24.4 Å². The number of para-hydroxylation sites is 1. The highest BCUT2D eigenvalue weighted by Gasteiger charge is 2.31. The molecule has 1 aliphatic rings. The van der Waals surface area contributed by atoms with Crippen LogP contribution >= 0.6 is 0 Å². The lowest BCUT2D eigenvalue weighted by Crippen LogP contribution is -2.22. The van der Waals surface area contributed by atoms with Gasteiger partial charge >= 0.3 is 5.97 Å². The SMILES string of the molecule is Cc1cccc(C(C)C)c1NC(=O)COC(=O)C1CC1. The maximum atomic E-state index is 11.9. The molecule has 0 spiro atoms. The number of esters is 1. The second-order valence-electron chi connectivity index (χ2n) is 5.62. The number of carbonyl (C=O) groups is 2. The monoisotopic (exact) mass is 275 g/mol. The molecule has 1 amide bonds. The summed E-state index contributed by atoms with van der Waals surface area (Å²) in [6, 6.07) is 5.94. The van der Waals surface area contributed by atoms with Crippen LogP contribution in [0.15, 0.2) is 18.2 Å². The number of hydrogen-bond donors (Lipinski definition) is 1. The van der Waals surface area contributed by atoms with E-state index < -0.39 is 0 Å². The average Bonchev–Trinajstić information content (AvgIpc) is 3.22. The summed E-state index contributed by atoms with van der Waals surface area (Å²) < 4.78 is 4.99. The number of hydrogen-bond acceptors (Lipinski definition) is 3. The first kappa shape index (κ1) is 14.6. The third kappa shape index (κ3) is 3.59. The van der Waals surface area contributed by atoms with Gasteiger partial charge < -0.3 is 10.1 Å². The second kappa shape index (κ2) is 6.07. The van der Waals surface area contributed by atoms with Crippen molar-refractivity contribution < 1.29 is 14.3 Å². The summed E-state index contributed by atoms with van der Waals surface area (Å²) in [6.07, 6.45) is 1.77. The van der Waals surface area contributed by atoms with Crippen LogP contribution in [0.5, 0.6) is 0 Å². The molecule has 4 heteroatoms. The molecule has 1 N–H and O–H groups in total. The van der Waals surface area contributed by atoms with E-state index in [4.69, 9.17) is 4.74 Å². The zero-order valence-corrected chi connectivity index (χ0v) is 12.2. The fraction of sp³-hybridized carbons (Fsp3) is 0.500. The Hall–Kier alpha value is -1.84. The van der Waals surface area contributed by atoms with Gasteiger partial charge in [0.25, 0.3) is 5.91 Å². The molecular formula is C16H21NO3. The molecular weight excluding hydrogens is 254 g/mol. The van der Waals surface area contributed by atoms with Gasteiger partial charge in [-0.05, 0) is 36.8 Å². The zero-order chi connectivity index (χ0) is 14.7. The van der Waals surface area contributed by atoms with Crippen LogP contribution < -0.4 is 5.32 Å². The highest BCUT2D eigenvalue weighted by molar-refractivity contribution is 5.94. The maximum absolute atomic E-state index is 11.9.